The molecule has 102 valence electrons. The van der Waals surface area contributed by atoms with E-state index in [9.17, 15) is 8.78 Å². The van der Waals surface area contributed by atoms with Crippen molar-refractivity contribution in [2.24, 2.45) is 0 Å². The average molecular weight is 282 g/mol. The normalized spacial score (nSPS) is 10.3. The number of halogens is 2. The molecule has 0 amide bonds. The van der Waals surface area contributed by atoms with Crippen molar-refractivity contribution in [1.82, 2.24) is 4.98 Å². The molecule has 0 aliphatic rings. The number of hydrogen-bond donors (Lipinski definition) is 0. The van der Waals surface area contributed by atoms with Crippen LogP contribution in [-0.4, -0.2) is 4.98 Å². The first-order valence-corrected chi connectivity index (χ1v) is 6.10. The van der Waals surface area contributed by atoms with Gasteiger partial charge < -0.3 is 4.74 Å². The van der Waals surface area contributed by atoms with Gasteiger partial charge in [-0.1, -0.05) is 18.2 Å². The number of ether oxygens (including phenoxy) is 1. The van der Waals surface area contributed by atoms with Gasteiger partial charge in [0.2, 0.25) is 0 Å². The van der Waals surface area contributed by atoms with Crippen LogP contribution in [0.5, 0.6) is 11.5 Å². The summed E-state index contributed by atoms with van der Waals surface area (Å²) in [5.41, 5.74) is 0.400. The molecular weight excluding hydrogens is 274 g/mol. The van der Waals surface area contributed by atoms with Gasteiger partial charge in [0.15, 0.2) is 23.1 Å². The van der Waals surface area contributed by atoms with Gasteiger partial charge >= 0.3 is 0 Å². The highest BCUT2D eigenvalue weighted by Gasteiger charge is 2.15. The molecule has 3 nitrogen and oxygen atoms in total. The molecule has 0 fully saturated rings. The fourth-order valence-corrected chi connectivity index (χ4v) is 1.99. The van der Waals surface area contributed by atoms with Gasteiger partial charge in [-0.3, -0.25) is 4.98 Å². The van der Waals surface area contributed by atoms with Crippen molar-refractivity contribution >= 4 is 10.9 Å². The summed E-state index contributed by atoms with van der Waals surface area (Å²) in [5, 5.41) is 9.47. The summed E-state index contributed by atoms with van der Waals surface area (Å²) < 4.78 is 33.0. The zero-order valence-corrected chi connectivity index (χ0v) is 10.7. The Bertz CT molecular complexity index is 843. The number of pyridine rings is 1. The Balaban J connectivity index is 2.10. The molecule has 0 saturated carbocycles. The molecule has 0 radical (unpaired) electrons. The molecule has 0 saturated heterocycles. The Labute approximate surface area is 119 Å². The topological polar surface area (TPSA) is 45.9 Å². The van der Waals surface area contributed by atoms with Crippen LogP contribution >= 0.6 is 0 Å². The second-order valence-electron chi connectivity index (χ2n) is 4.31. The molecule has 0 aliphatic carbocycles. The molecule has 0 N–H and O–H groups in total. The monoisotopic (exact) mass is 282 g/mol. The lowest BCUT2D eigenvalue weighted by molar-refractivity contribution is 0.410. The minimum absolute atomic E-state index is 0.103. The highest BCUT2D eigenvalue weighted by atomic mass is 19.1. The number of rotatable bonds is 2. The first kappa shape index (κ1) is 13.0. The summed E-state index contributed by atoms with van der Waals surface area (Å²) in [7, 11) is 0. The molecule has 0 spiro atoms. The number of para-hydroxylation sites is 1. The first-order chi connectivity index (χ1) is 10.2. The smallest absolute Gasteiger partial charge is 0.198 e. The lowest BCUT2D eigenvalue weighted by Gasteiger charge is -2.10. The van der Waals surface area contributed by atoms with Gasteiger partial charge in [0.1, 0.15) is 5.52 Å². The lowest BCUT2D eigenvalue weighted by Crippen LogP contribution is -1.95. The summed E-state index contributed by atoms with van der Waals surface area (Å²) in [5.74, 6) is -2.17. The summed E-state index contributed by atoms with van der Waals surface area (Å²) in [4.78, 5) is 4.15. The number of nitriles is 1. The summed E-state index contributed by atoms with van der Waals surface area (Å²) in [6, 6.07) is 12.2. The third-order valence-electron chi connectivity index (χ3n) is 2.94. The van der Waals surface area contributed by atoms with Crippen LogP contribution < -0.4 is 4.74 Å². The zero-order valence-electron chi connectivity index (χ0n) is 10.7. The molecule has 0 atom stereocenters. The number of benzene rings is 2. The van der Waals surface area contributed by atoms with E-state index >= 15 is 0 Å². The van der Waals surface area contributed by atoms with Gasteiger partial charge in [-0.05, 0) is 24.3 Å². The third kappa shape index (κ3) is 2.39. The van der Waals surface area contributed by atoms with Crippen molar-refractivity contribution in [1.29, 1.82) is 5.26 Å². The summed E-state index contributed by atoms with van der Waals surface area (Å²) >= 11 is 0. The van der Waals surface area contributed by atoms with Crippen LogP contribution in [-0.2, 0) is 0 Å². The molecule has 1 heterocycles. The van der Waals surface area contributed by atoms with Crippen molar-refractivity contribution in [3.63, 3.8) is 0 Å². The Morgan fingerprint density at radius 2 is 1.76 bits per heavy atom. The number of aromatic nitrogens is 1. The van der Waals surface area contributed by atoms with Crippen LogP contribution in [0.3, 0.4) is 0 Å². The predicted molar refractivity (Wildman–Crippen MR) is 72.9 cm³/mol. The summed E-state index contributed by atoms with van der Waals surface area (Å²) in [6.07, 6.45) is 1.57. The van der Waals surface area contributed by atoms with E-state index < -0.39 is 17.4 Å². The van der Waals surface area contributed by atoms with Crippen LogP contribution in [0, 0.1) is 23.0 Å². The van der Waals surface area contributed by atoms with Gasteiger partial charge in [-0.25, -0.2) is 8.78 Å². The second kappa shape index (κ2) is 5.17. The maximum absolute atomic E-state index is 13.8. The van der Waals surface area contributed by atoms with Crippen LogP contribution in [0.15, 0.2) is 48.7 Å². The van der Waals surface area contributed by atoms with E-state index in [0.717, 1.165) is 17.5 Å². The van der Waals surface area contributed by atoms with Gasteiger partial charge in [-0.15, -0.1) is 0 Å². The average Bonchev–Trinajstić information content (AvgIpc) is 2.50. The van der Waals surface area contributed by atoms with Crippen molar-refractivity contribution in [2.45, 2.75) is 0 Å². The maximum atomic E-state index is 13.8. The van der Waals surface area contributed by atoms with Gasteiger partial charge in [0.25, 0.3) is 0 Å². The molecule has 0 aliphatic heterocycles. The molecule has 3 aromatic rings. The number of hydrogen-bond acceptors (Lipinski definition) is 3. The highest BCUT2D eigenvalue weighted by molar-refractivity contribution is 5.84. The molecule has 5 heteroatoms. The molecule has 3 rings (SSSR count). The fraction of sp³-hybridized carbons (Fsp3) is 0. The highest BCUT2D eigenvalue weighted by Crippen LogP contribution is 2.32. The van der Waals surface area contributed by atoms with Crippen molar-refractivity contribution in [2.75, 3.05) is 0 Å². The van der Waals surface area contributed by atoms with E-state index in [1.165, 1.54) is 0 Å². The molecule has 21 heavy (non-hydrogen) atoms. The predicted octanol–water partition coefficient (Wildman–Crippen LogP) is 4.18. The Hall–Kier alpha value is -3.00. The number of fused-ring (bicyclic) bond motifs is 1. The minimum atomic E-state index is -0.931. The SMILES string of the molecule is N#Cc1cc(F)c(Oc2cccc3cccnc23)c(F)c1. The van der Waals surface area contributed by atoms with Crippen LogP contribution in [0.25, 0.3) is 10.9 Å². The number of nitrogens with zero attached hydrogens (tertiary/aromatic N) is 2. The summed E-state index contributed by atoms with van der Waals surface area (Å²) in [6.45, 7) is 0. The van der Waals surface area contributed by atoms with Crippen molar-refractivity contribution in [3.8, 4) is 17.6 Å². The molecular formula is C16H8F2N2O. The standard InChI is InChI=1S/C16H8F2N2O/c17-12-7-10(9-19)8-13(18)16(12)21-14-5-1-3-11-4-2-6-20-15(11)14/h1-8H. The second-order valence-corrected chi connectivity index (χ2v) is 4.31. The van der Waals surface area contributed by atoms with E-state index in [2.05, 4.69) is 4.98 Å². The lowest BCUT2D eigenvalue weighted by atomic mass is 10.2. The van der Waals surface area contributed by atoms with Gasteiger partial charge in [0.05, 0.1) is 11.6 Å². The third-order valence-corrected chi connectivity index (χ3v) is 2.94. The van der Waals surface area contributed by atoms with Crippen molar-refractivity contribution in [3.05, 3.63) is 65.9 Å². The van der Waals surface area contributed by atoms with E-state index in [-0.39, 0.29) is 11.3 Å². The van der Waals surface area contributed by atoms with E-state index in [1.54, 1.807) is 30.5 Å². The quantitative estimate of drug-likeness (QED) is 0.708. The van der Waals surface area contributed by atoms with Gasteiger partial charge in [-0.2, -0.15) is 5.26 Å². The molecule has 0 bridgehead atoms. The van der Waals surface area contributed by atoms with E-state index in [1.807, 2.05) is 12.1 Å². The van der Waals surface area contributed by atoms with E-state index in [4.69, 9.17) is 10.00 Å². The Morgan fingerprint density at radius 3 is 2.48 bits per heavy atom. The molecule has 2 aromatic carbocycles. The zero-order chi connectivity index (χ0) is 14.8. The van der Waals surface area contributed by atoms with Crippen LogP contribution in [0.4, 0.5) is 8.78 Å². The largest absolute Gasteiger partial charge is 0.449 e. The van der Waals surface area contributed by atoms with E-state index in [0.29, 0.717) is 5.52 Å². The molecule has 0 unspecified atom stereocenters. The maximum Gasteiger partial charge on any atom is 0.198 e. The van der Waals surface area contributed by atoms with Crippen molar-refractivity contribution < 1.29 is 13.5 Å². The fourth-order valence-electron chi connectivity index (χ4n) is 1.99. The molecule has 1 aromatic heterocycles. The first-order valence-electron chi connectivity index (χ1n) is 6.10. The van der Waals surface area contributed by atoms with Crippen LogP contribution in [0.1, 0.15) is 5.56 Å². The Morgan fingerprint density at radius 1 is 1.05 bits per heavy atom. The van der Waals surface area contributed by atoms with Gasteiger partial charge in [0, 0.05) is 11.6 Å². The Kier molecular flexibility index (Phi) is 3.20. The minimum Gasteiger partial charge on any atom is -0.449 e. The van der Waals surface area contributed by atoms with Crippen LogP contribution in [0.2, 0.25) is 0 Å².